The molecule has 27 heavy (non-hydrogen) atoms. The molecule has 1 aliphatic rings. The van der Waals surface area contributed by atoms with E-state index in [1.165, 1.54) is 22.8 Å². The largest absolute Gasteiger partial charge is 0.275 e. The molecule has 5 rings (SSSR count). The summed E-state index contributed by atoms with van der Waals surface area (Å²) in [6, 6.07) is 13.8. The van der Waals surface area contributed by atoms with Crippen molar-refractivity contribution >= 4 is 40.2 Å². The van der Waals surface area contributed by atoms with E-state index < -0.39 is 5.37 Å². The third kappa shape index (κ3) is 2.56. The van der Waals surface area contributed by atoms with Gasteiger partial charge in [-0.3, -0.25) is 10.2 Å². The lowest BCUT2D eigenvalue weighted by Gasteiger charge is -2.25. The number of thioether (sulfide) groups is 1. The lowest BCUT2D eigenvalue weighted by atomic mass is 10.2. The molecule has 2 aromatic carbocycles. The fraction of sp³-hybridized carbons (Fsp3) is 0.118. The van der Waals surface area contributed by atoms with Crippen LogP contribution in [0.5, 0.6) is 0 Å². The number of hydrogen-bond acceptors (Lipinski definition) is 7. The van der Waals surface area contributed by atoms with E-state index in [-0.39, 0.29) is 17.5 Å². The van der Waals surface area contributed by atoms with Crippen molar-refractivity contribution in [1.82, 2.24) is 30.0 Å². The second-order valence-electron chi connectivity index (χ2n) is 5.92. The van der Waals surface area contributed by atoms with Crippen molar-refractivity contribution < 1.29 is 9.18 Å². The molecule has 1 N–H and O–H groups in total. The standard InChI is InChI=1S/C17H12FN7OS/c18-11-6-2-1-5-10(11)17-25(14(26)9-27-17)21-15-16-20-22-23-24(16)13-8-4-3-7-12(13)19-15/h1-8,17H,9H2,(H,19,21). The Labute approximate surface area is 156 Å². The zero-order valence-corrected chi connectivity index (χ0v) is 14.6. The molecule has 0 bridgehead atoms. The Balaban J connectivity index is 1.60. The fourth-order valence-corrected chi connectivity index (χ4v) is 4.17. The quantitative estimate of drug-likeness (QED) is 0.583. The molecule has 1 aliphatic heterocycles. The molecule has 1 atom stereocenters. The topological polar surface area (TPSA) is 88.3 Å². The van der Waals surface area contributed by atoms with Crippen molar-refractivity contribution in [2.45, 2.75) is 5.37 Å². The van der Waals surface area contributed by atoms with Crippen molar-refractivity contribution in [2.75, 3.05) is 11.2 Å². The van der Waals surface area contributed by atoms with E-state index in [2.05, 4.69) is 25.9 Å². The van der Waals surface area contributed by atoms with E-state index in [9.17, 15) is 9.18 Å². The zero-order chi connectivity index (χ0) is 18.4. The maximum absolute atomic E-state index is 14.3. The van der Waals surface area contributed by atoms with Gasteiger partial charge in [0.2, 0.25) is 5.65 Å². The van der Waals surface area contributed by atoms with Gasteiger partial charge in [0.25, 0.3) is 5.91 Å². The number of hydrazine groups is 1. The molecule has 0 spiro atoms. The highest BCUT2D eigenvalue weighted by Crippen LogP contribution is 2.39. The number of carbonyl (C=O) groups excluding carboxylic acids is 1. The van der Waals surface area contributed by atoms with Crippen LogP contribution < -0.4 is 5.43 Å². The number of benzene rings is 2. The summed E-state index contributed by atoms with van der Waals surface area (Å²) < 4.78 is 15.8. The molecule has 134 valence electrons. The zero-order valence-electron chi connectivity index (χ0n) is 13.8. The average molecular weight is 381 g/mol. The maximum atomic E-state index is 14.3. The van der Waals surface area contributed by atoms with E-state index in [1.807, 2.05) is 24.3 Å². The molecule has 10 heteroatoms. The minimum atomic E-state index is -0.511. The predicted molar refractivity (Wildman–Crippen MR) is 98.2 cm³/mol. The van der Waals surface area contributed by atoms with Crippen LogP contribution in [-0.4, -0.2) is 41.7 Å². The normalized spacial score (nSPS) is 17.1. The number of tetrazole rings is 1. The van der Waals surface area contributed by atoms with Gasteiger partial charge in [0, 0.05) is 5.56 Å². The summed E-state index contributed by atoms with van der Waals surface area (Å²) in [4.78, 5) is 17.0. The monoisotopic (exact) mass is 381 g/mol. The molecule has 0 saturated carbocycles. The van der Waals surface area contributed by atoms with Crippen LogP contribution in [0, 0.1) is 5.82 Å². The molecule has 0 aliphatic carbocycles. The van der Waals surface area contributed by atoms with Gasteiger partial charge in [-0.15, -0.1) is 16.9 Å². The van der Waals surface area contributed by atoms with E-state index in [0.29, 0.717) is 22.5 Å². The molecule has 1 fully saturated rings. The van der Waals surface area contributed by atoms with Gasteiger partial charge in [-0.05, 0) is 28.6 Å². The van der Waals surface area contributed by atoms with Crippen molar-refractivity contribution in [3.8, 4) is 0 Å². The summed E-state index contributed by atoms with van der Waals surface area (Å²) in [6.45, 7) is 0. The molecular formula is C17H12FN7OS. The van der Waals surface area contributed by atoms with Gasteiger partial charge in [-0.1, -0.05) is 30.3 Å². The van der Waals surface area contributed by atoms with E-state index in [1.54, 1.807) is 22.7 Å². The van der Waals surface area contributed by atoms with Crippen LogP contribution in [-0.2, 0) is 4.79 Å². The highest BCUT2D eigenvalue weighted by atomic mass is 32.2. The predicted octanol–water partition coefficient (Wildman–Crippen LogP) is 2.41. The number of para-hydroxylation sites is 2. The lowest BCUT2D eigenvalue weighted by molar-refractivity contribution is -0.126. The van der Waals surface area contributed by atoms with Crippen LogP contribution in [0.1, 0.15) is 10.9 Å². The van der Waals surface area contributed by atoms with Gasteiger partial charge in [0.1, 0.15) is 11.2 Å². The number of nitrogens with zero attached hydrogens (tertiary/aromatic N) is 6. The number of anilines is 1. The van der Waals surface area contributed by atoms with Gasteiger partial charge < -0.3 is 0 Å². The first-order valence-electron chi connectivity index (χ1n) is 8.14. The summed E-state index contributed by atoms with van der Waals surface area (Å²) in [7, 11) is 0. The van der Waals surface area contributed by atoms with E-state index in [0.717, 1.165) is 5.52 Å². The molecule has 1 saturated heterocycles. The summed E-state index contributed by atoms with van der Waals surface area (Å²) in [6.07, 6.45) is 0. The Hall–Kier alpha value is -3.27. The number of halogens is 1. The third-order valence-corrected chi connectivity index (χ3v) is 5.48. The van der Waals surface area contributed by atoms with Crippen LogP contribution in [0.25, 0.3) is 16.7 Å². The molecular weight excluding hydrogens is 369 g/mol. The summed E-state index contributed by atoms with van der Waals surface area (Å²) in [5, 5.41) is 12.6. The van der Waals surface area contributed by atoms with Crippen LogP contribution in [0.15, 0.2) is 48.5 Å². The van der Waals surface area contributed by atoms with Gasteiger partial charge in [0.05, 0.1) is 16.8 Å². The first kappa shape index (κ1) is 15.9. The van der Waals surface area contributed by atoms with Crippen molar-refractivity contribution in [1.29, 1.82) is 0 Å². The highest BCUT2D eigenvalue weighted by molar-refractivity contribution is 8.00. The smallest absolute Gasteiger partial charge is 0.252 e. The number of amides is 1. The Morgan fingerprint density at radius 2 is 1.96 bits per heavy atom. The van der Waals surface area contributed by atoms with Gasteiger partial charge in [0.15, 0.2) is 5.82 Å². The molecule has 8 nitrogen and oxygen atoms in total. The fourth-order valence-electron chi connectivity index (χ4n) is 3.04. The Morgan fingerprint density at radius 3 is 2.85 bits per heavy atom. The first-order valence-corrected chi connectivity index (χ1v) is 9.19. The van der Waals surface area contributed by atoms with E-state index in [4.69, 9.17) is 0 Å². The van der Waals surface area contributed by atoms with Crippen LogP contribution in [0.3, 0.4) is 0 Å². The molecule has 2 aromatic heterocycles. The Bertz CT molecular complexity index is 1180. The second kappa shape index (κ2) is 6.16. The average Bonchev–Trinajstić information content (AvgIpc) is 3.31. The Kier molecular flexibility index (Phi) is 3.64. The maximum Gasteiger partial charge on any atom is 0.252 e. The number of nitrogens with one attached hydrogen (secondary N) is 1. The number of rotatable bonds is 3. The van der Waals surface area contributed by atoms with Crippen molar-refractivity contribution in [3.05, 3.63) is 59.9 Å². The van der Waals surface area contributed by atoms with Crippen LogP contribution >= 0.6 is 11.8 Å². The molecule has 1 unspecified atom stereocenters. The number of fused-ring (bicyclic) bond motifs is 3. The van der Waals surface area contributed by atoms with Gasteiger partial charge >= 0.3 is 0 Å². The highest BCUT2D eigenvalue weighted by Gasteiger charge is 2.35. The van der Waals surface area contributed by atoms with E-state index >= 15 is 0 Å². The number of aromatic nitrogens is 5. The summed E-state index contributed by atoms with van der Waals surface area (Å²) in [5.74, 6) is 0.0304. The minimum Gasteiger partial charge on any atom is -0.275 e. The van der Waals surface area contributed by atoms with Crippen molar-refractivity contribution in [3.63, 3.8) is 0 Å². The molecule has 0 radical (unpaired) electrons. The number of carbonyl (C=O) groups is 1. The molecule has 3 heterocycles. The first-order chi connectivity index (χ1) is 13.2. The van der Waals surface area contributed by atoms with Crippen LogP contribution in [0.4, 0.5) is 10.2 Å². The number of hydrogen-bond donors (Lipinski definition) is 1. The van der Waals surface area contributed by atoms with Crippen molar-refractivity contribution in [2.24, 2.45) is 0 Å². The summed E-state index contributed by atoms with van der Waals surface area (Å²) >= 11 is 1.34. The molecule has 4 aromatic rings. The lowest BCUT2D eigenvalue weighted by Crippen LogP contribution is -2.34. The molecule has 1 amide bonds. The van der Waals surface area contributed by atoms with Gasteiger partial charge in [-0.2, -0.15) is 4.52 Å². The third-order valence-electron chi connectivity index (χ3n) is 4.29. The minimum absolute atomic E-state index is 0.172. The SMILES string of the molecule is O=C1CSC(c2ccccc2F)N1Nc1nc2ccccc2n2nnnc12. The Morgan fingerprint density at radius 1 is 1.15 bits per heavy atom. The van der Waals surface area contributed by atoms with Crippen LogP contribution in [0.2, 0.25) is 0 Å². The summed E-state index contributed by atoms with van der Waals surface area (Å²) in [5.41, 5.74) is 5.23. The van der Waals surface area contributed by atoms with Gasteiger partial charge in [-0.25, -0.2) is 14.4 Å². The second-order valence-corrected chi connectivity index (χ2v) is 6.99.